The lowest BCUT2D eigenvalue weighted by molar-refractivity contribution is 0.242. The second-order valence-electron chi connectivity index (χ2n) is 3.78. The van der Waals surface area contributed by atoms with E-state index >= 15 is 0 Å². The van der Waals surface area contributed by atoms with Crippen LogP contribution in [0, 0.1) is 12.8 Å². The van der Waals surface area contributed by atoms with Crippen molar-refractivity contribution in [3.8, 4) is 5.88 Å². The van der Waals surface area contributed by atoms with Crippen molar-refractivity contribution in [1.29, 1.82) is 0 Å². The molecule has 84 valence electrons. The summed E-state index contributed by atoms with van der Waals surface area (Å²) in [4.78, 5) is 8.12. The normalized spacial score (nSPS) is 12.5. The van der Waals surface area contributed by atoms with Crippen molar-refractivity contribution in [3.63, 3.8) is 0 Å². The molecule has 0 N–H and O–H groups in total. The summed E-state index contributed by atoms with van der Waals surface area (Å²) in [6.07, 6.45) is 2.34. The molecule has 15 heavy (non-hydrogen) atoms. The molecule has 1 heterocycles. The highest BCUT2D eigenvalue weighted by atomic mass is 35.5. The minimum Gasteiger partial charge on any atom is -0.477 e. The molecule has 1 rings (SSSR count). The summed E-state index contributed by atoms with van der Waals surface area (Å²) in [5, 5.41) is 0.431. The maximum Gasteiger partial charge on any atom is 0.218 e. The Morgan fingerprint density at radius 1 is 1.47 bits per heavy atom. The van der Waals surface area contributed by atoms with E-state index in [9.17, 15) is 0 Å². The topological polar surface area (TPSA) is 35.0 Å². The number of halogens is 1. The number of rotatable bonds is 5. The molecule has 0 aromatic carbocycles. The monoisotopic (exact) mass is 228 g/mol. The lowest BCUT2D eigenvalue weighted by Gasteiger charge is -2.11. The Labute approximate surface area is 95.8 Å². The molecule has 0 amide bonds. The first-order valence-electron chi connectivity index (χ1n) is 5.25. The molecule has 4 heteroatoms. The highest BCUT2D eigenvalue weighted by molar-refractivity contribution is 6.29. The van der Waals surface area contributed by atoms with Crippen LogP contribution in [0.15, 0.2) is 6.07 Å². The number of hydrogen-bond acceptors (Lipinski definition) is 3. The maximum absolute atomic E-state index is 5.80. The summed E-state index contributed by atoms with van der Waals surface area (Å²) >= 11 is 5.80. The van der Waals surface area contributed by atoms with Gasteiger partial charge in [0, 0.05) is 6.07 Å². The Hall–Kier alpha value is -0.830. The van der Waals surface area contributed by atoms with Crippen LogP contribution in [0.5, 0.6) is 5.88 Å². The summed E-state index contributed by atoms with van der Waals surface area (Å²) in [6, 6.07) is 1.65. The average molecular weight is 229 g/mol. The van der Waals surface area contributed by atoms with Crippen molar-refractivity contribution in [1.82, 2.24) is 9.97 Å². The first-order chi connectivity index (χ1) is 7.11. The van der Waals surface area contributed by atoms with Crippen LogP contribution < -0.4 is 4.74 Å². The Kier molecular flexibility index (Phi) is 4.82. The minimum absolute atomic E-state index is 0.431. The quantitative estimate of drug-likeness (QED) is 0.726. The maximum atomic E-state index is 5.80. The SMILES string of the molecule is CCCC(C)COc1cc(Cl)nc(C)n1. The number of aromatic nitrogens is 2. The minimum atomic E-state index is 0.431. The van der Waals surface area contributed by atoms with Crippen molar-refractivity contribution in [3.05, 3.63) is 17.0 Å². The predicted octanol–water partition coefficient (Wildman–Crippen LogP) is 3.25. The van der Waals surface area contributed by atoms with E-state index in [-0.39, 0.29) is 0 Å². The van der Waals surface area contributed by atoms with Gasteiger partial charge in [-0.1, -0.05) is 31.9 Å². The van der Waals surface area contributed by atoms with E-state index in [0.717, 1.165) is 6.42 Å². The smallest absolute Gasteiger partial charge is 0.218 e. The molecular formula is C11H17ClN2O. The zero-order valence-corrected chi connectivity index (χ0v) is 10.2. The number of hydrogen-bond donors (Lipinski definition) is 0. The second-order valence-corrected chi connectivity index (χ2v) is 4.17. The van der Waals surface area contributed by atoms with Crippen molar-refractivity contribution < 1.29 is 4.74 Å². The molecule has 0 aliphatic rings. The van der Waals surface area contributed by atoms with Gasteiger partial charge in [0.25, 0.3) is 0 Å². The van der Waals surface area contributed by atoms with E-state index in [2.05, 4.69) is 23.8 Å². The standard InChI is InChI=1S/C11H17ClN2O/c1-4-5-8(2)7-15-11-6-10(12)13-9(3)14-11/h6,8H,4-5,7H2,1-3H3. The number of aryl methyl sites for hydroxylation is 1. The third-order valence-electron chi connectivity index (χ3n) is 2.08. The fourth-order valence-corrected chi connectivity index (χ4v) is 1.60. The third-order valence-corrected chi connectivity index (χ3v) is 2.27. The molecule has 0 aliphatic carbocycles. The Morgan fingerprint density at radius 3 is 2.80 bits per heavy atom. The summed E-state index contributed by atoms with van der Waals surface area (Å²) in [5.74, 6) is 1.75. The fraction of sp³-hybridized carbons (Fsp3) is 0.636. The van der Waals surface area contributed by atoms with Gasteiger partial charge in [-0.05, 0) is 19.3 Å². The van der Waals surface area contributed by atoms with Crippen molar-refractivity contribution in [2.24, 2.45) is 5.92 Å². The van der Waals surface area contributed by atoms with Crippen molar-refractivity contribution in [2.45, 2.75) is 33.6 Å². The van der Waals surface area contributed by atoms with E-state index in [1.54, 1.807) is 13.0 Å². The van der Waals surface area contributed by atoms with E-state index < -0.39 is 0 Å². The first-order valence-corrected chi connectivity index (χ1v) is 5.63. The molecule has 1 aromatic rings. The van der Waals surface area contributed by atoms with Gasteiger partial charge in [-0.15, -0.1) is 0 Å². The highest BCUT2D eigenvalue weighted by Gasteiger charge is 2.04. The molecule has 1 unspecified atom stereocenters. The first kappa shape index (κ1) is 12.2. The third kappa shape index (κ3) is 4.47. The molecule has 0 saturated heterocycles. The van der Waals surface area contributed by atoms with Crippen LogP contribution in [-0.2, 0) is 0 Å². The van der Waals surface area contributed by atoms with Crippen LogP contribution in [0.2, 0.25) is 5.15 Å². The molecule has 0 aliphatic heterocycles. The van der Waals surface area contributed by atoms with Crippen LogP contribution >= 0.6 is 11.6 Å². The molecule has 0 radical (unpaired) electrons. The molecule has 1 atom stereocenters. The zero-order chi connectivity index (χ0) is 11.3. The van der Waals surface area contributed by atoms with Gasteiger partial charge in [0.05, 0.1) is 6.61 Å². The van der Waals surface area contributed by atoms with E-state index in [0.29, 0.717) is 29.4 Å². The zero-order valence-electron chi connectivity index (χ0n) is 9.46. The summed E-state index contributed by atoms with van der Waals surface area (Å²) in [5.41, 5.74) is 0. The van der Waals surface area contributed by atoms with E-state index in [4.69, 9.17) is 16.3 Å². The number of nitrogens with zero attached hydrogens (tertiary/aromatic N) is 2. The van der Waals surface area contributed by atoms with Gasteiger partial charge in [0.1, 0.15) is 11.0 Å². The van der Waals surface area contributed by atoms with Gasteiger partial charge in [0.2, 0.25) is 5.88 Å². The molecule has 0 fully saturated rings. The van der Waals surface area contributed by atoms with Crippen LogP contribution in [0.3, 0.4) is 0 Å². The van der Waals surface area contributed by atoms with Crippen molar-refractivity contribution in [2.75, 3.05) is 6.61 Å². The number of ether oxygens (including phenoxy) is 1. The van der Waals surface area contributed by atoms with Gasteiger partial charge in [0.15, 0.2) is 0 Å². The Balaban J connectivity index is 2.50. The molecule has 0 bridgehead atoms. The average Bonchev–Trinajstić information content (AvgIpc) is 2.14. The van der Waals surface area contributed by atoms with Crippen LogP contribution in [-0.4, -0.2) is 16.6 Å². The van der Waals surface area contributed by atoms with Crippen LogP contribution in [0.25, 0.3) is 0 Å². The van der Waals surface area contributed by atoms with Gasteiger partial charge in [-0.25, -0.2) is 4.98 Å². The summed E-state index contributed by atoms with van der Waals surface area (Å²) < 4.78 is 5.55. The largest absolute Gasteiger partial charge is 0.477 e. The highest BCUT2D eigenvalue weighted by Crippen LogP contribution is 2.15. The Morgan fingerprint density at radius 2 is 2.20 bits per heavy atom. The van der Waals surface area contributed by atoms with E-state index in [1.165, 1.54) is 6.42 Å². The fourth-order valence-electron chi connectivity index (χ4n) is 1.38. The van der Waals surface area contributed by atoms with Gasteiger partial charge in [-0.3, -0.25) is 0 Å². The molecule has 3 nitrogen and oxygen atoms in total. The van der Waals surface area contributed by atoms with Gasteiger partial charge >= 0.3 is 0 Å². The summed E-state index contributed by atoms with van der Waals surface area (Å²) in [6.45, 7) is 6.82. The lowest BCUT2D eigenvalue weighted by atomic mass is 10.1. The van der Waals surface area contributed by atoms with Crippen LogP contribution in [0.4, 0.5) is 0 Å². The second kappa shape index (κ2) is 5.91. The lowest BCUT2D eigenvalue weighted by Crippen LogP contribution is -2.09. The summed E-state index contributed by atoms with van der Waals surface area (Å²) in [7, 11) is 0. The molecule has 1 aromatic heterocycles. The predicted molar refractivity (Wildman–Crippen MR) is 61.3 cm³/mol. The molecule has 0 saturated carbocycles. The van der Waals surface area contributed by atoms with E-state index in [1.807, 2.05) is 0 Å². The van der Waals surface area contributed by atoms with Crippen molar-refractivity contribution >= 4 is 11.6 Å². The van der Waals surface area contributed by atoms with Gasteiger partial charge < -0.3 is 4.74 Å². The molecule has 0 spiro atoms. The van der Waals surface area contributed by atoms with Gasteiger partial charge in [-0.2, -0.15) is 4.98 Å². The molecular weight excluding hydrogens is 212 g/mol. The Bertz CT molecular complexity index is 297. The van der Waals surface area contributed by atoms with Crippen LogP contribution in [0.1, 0.15) is 32.5 Å².